The third-order valence-electron chi connectivity index (χ3n) is 7.77. The number of hydrogen-bond donors (Lipinski definition) is 0. The summed E-state index contributed by atoms with van der Waals surface area (Å²) < 4.78 is 69.6. The Morgan fingerprint density at radius 1 is 0.383 bits per heavy atom. The molecule has 0 aromatic rings. The van der Waals surface area contributed by atoms with Crippen LogP contribution in [0.3, 0.4) is 0 Å². The average Bonchev–Trinajstić information content (AvgIpc) is 2.99. The van der Waals surface area contributed by atoms with Crippen molar-refractivity contribution in [2.75, 3.05) is 13.2 Å². The van der Waals surface area contributed by atoms with Crippen LogP contribution in [-0.4, -0.2) is 88.0 Å². The largest absolute Gasteiger partial charge is 2.00 e. The van der Waals surface area contributed by atoms with Gasteiger partial charge in [0, 0.05) is 0 Å². The molecule has 0 rings (SSSR count). The van der Waals surface area contributed by atoms with Crippen molar-refractivity contribution in [2.24, 2.45) is 0 Å². The Labute approximate surface area is 332 Å². The molecule has 0 fully saturated rings. The first-order valence-corrected chi connectivity index (χ1v) is 21.3. The Hall–Kier alpha value is 0.791. The summed E-state index contributed by atoms with van der Waals surface area (Å²) in [4.78, 5) is 0. The zero-order valence-corrected chi connectivity index (χ0v) is 36.4. The second kappa shape index (κ2) is 41.2. The summed E-state index contributed by atoms with van der Waals surface area (Å²) in [6.07, 6.45) is 42.7. The molecule has 0 bridgehead atoms. The summed E-state index contributed by atoms with van der Waals surface area (Å²) in [5.74, 6) is 0. The van der Waals surface area contributed by atoms with Crippen LogP contribution in [0.4, 0.5) is 0 Å². The quantitative estimate of drug-likeness (QED) is 0.0206. The van der Waals surface area contributed by atoms with E-state index < -0.39 is 20.8 Å². The van der Waals surface area contributed by atoms with Crippen LogP contribution >= 0.6 is 0 Å². The predicted molar refractivity (Wildman–Crippen MR) is 196 cm³/mol. The van der Waals surface area contributed by atoms with E-state index in [1.807, 2.05) is 0 Å². The minimum absolute atomic E-state index is 0. The van der Waals surface area contributed by atoms with Gasteiger partial charge in [0.2, 0.25) is 20.8 Å². The second-order valence-corrected chi connectivity index (χ2v) is 14.4. The van der Waals surface area contributed by atoms with Crippen molar-refractivity contribution in [2.45, 2.75) is 194 Å². The van der Waals surface area contributed by atoms with Crippen LogP contribution in [0.5, 0.6) is 0 Å². The average molecular weight is 832 g/mol. The summed E-state index contributed by atoms with van der Waals surface area (Å²) in [5, 5.41) is 0. The summed E-state index contributed by atoms with van der Waals surface area (Å²) in [5.41, 5.74) is 0. The first-order chi connectivity index (χ1) is 22.1. The number of unbranched alkanes of at least 4 members (excludes halogenated alkanes) is 24. The van der Waals surface area contributed by atoms with Gasteiger partial charge < -0.3 is 9.11 Å². The van der Waals surface area contributed by atoms with Crippen LogP contribution < -0.4 is 0 Å². The van der Waals surface area contributed by atoms with Crippen LogP contribution in [0, 0.1) is 0 Å². The van der Waals surface area contributed by atoms with E-state index in [-0.39, 0.29) is 62.1 Å². The van der Waals surface area contributed by atoms with Crippen molar-refractivity contribution in [3.8, 4) is 0 Å². The summed E-state index contributed by atoms with van der Waals surface area (Å²) >= 11 is 0. The third-order valence-corrected chi connectivity index (χ3v) is 8.68. The topological polar surface area (TPSA) is 133 Å². The second-order valence-electron chi connectivity index (χ2n) is 12.3. The van der Waals surface area contributed by atoms with Crippen LogP contribution in [0.25, 0.3) is 0 Å². The minimum atomic E-state index is -4.50. The van der Waals surface area contributed by atoms with Gasteiger partial charge in [-0.25, -0.2) is 16.8 Å². The molecule has 0 radical (unpaired) electrons. The molecule has 0 aromatic carbocycles. The van der Waals surface area contributed by atoms with Crippen LogP contribution in [-0.2, 0) is 29.2 Å². The summed E-state index contributed by atoms with van der Waals surface area (Å²) in [7, 11) is -9.00. The molecular weight excluding hydrogens is 762 g/mol. The van der Waals surface area contributed by atoms with Gasteiger partial charge in [-0.2, -0.15) is 0 Å². The maximum Gasteiger partial charge on any atom is 2.00 e. The molecule has 0 heterocycles. The molecule has 0 saturated heterocycles. The molecule has 47 heavy (non-hydrogen) atoms. The molecule has 0 amide bonds. The molecule has 0 atom stereocenters. The van der Waals surface area contributed by atoms with Gasteiger partial charge in [-0.05, 0) is 64.2 Å². The fourth-order valence-electron chi connectivity index (χ4n) is 5.02. The molecule has 0 aliphatic heterocycles. The molecule has 0 aromatic heterocycles. The number of hydrogen-bond acceptors (Lipinski definition) is 8. The van der Waals surface area contributed by atoms with E-state index in [2.05, 4.69) is 46.5 Å². The maximum absolute atomic E-state index is 10.2. The summed E-state index contributed by atoms with van der Waals surface area (Å²) in [6, 6.07) is 0. The first-order valence-electron chi connectivity index (χ1n) is 18.6. The van der Waals surface area contributed by atoms with Gasteiger partial charge in [0.15, 0.2) is 0 Å². The van der Waals surface area contributed by atoms with Crippen LogP contribution in [0.2, 0.25) is 0 Å². The Balaban J connectivity index is -0.000000807. The number of allylic oxidation sites excluding steroid dienone is 4. The van der Waals surface area contributed by atoms with Gasteiger partial charge in [-0.15, -0.1) is 0 Å². The van der Waals surface area contributed by atoms with Gasteiger partial charge in [-0.1, -0.05) is 154 Å². The Morgan fingerprint density at radius 2 is 0.596 bits per heavy atom. The molecule has 0 spiro atoms. The number of rotatable bonds is 34. The van der Waals surface area contributed by atoms with E-state index in [9.17, 15) is 25.9 Å². The van der Waals surface area contributed by atoms with E-state index in [4.69, 9.17) is 0 Å². The Morgan fingerprint density at radius 3 is 0.830 bits per heavy atom. The van der Waals surface area contributed by atoms with Gasteiger partial charge in [0.25, 0.3) is 0 Å². The molecule has 0 unspecified atom stereocenters. The van der Waals surface area contributed by atoms with Crippen molar-refractivity contribution in [1.29, 1.82) is 0 Å². The molecule has 0 N–H and O–H groups in total. The van der Waals surface area contributed by atoms with Gasteiger partial charge in [0.1, 0.15) is 0 Å². The van der Waals surface area contributed by atoms with Crippen molar-refractivity contribution < 1.29 is 34.3 Å². The summed E-state index contributed by atoms with van der Waals surface area (Å²) in [6.45, 7) is 4.54. The van der Waals surface area contributed by atoms with Crippen molar-refractivity contribution >= 4 is 69.7 Å². The standard InChI is InChI=1S/2C18H36O4S.Ba/c2*1-2-3-4-5-6-7-8-9-10-11-12-13-14-15-16-17-18-22-23(19,20)21;/h2*9-10H,2-8,11-18H2,1H3,(H,19,20,21);/q;;+2/p-2/b2*10-9-;. The Kier molecular flexibility index (Phi) is 45.7. The van der Waals surface area contributed by atoms with E-state index >= 15 is 0 Å². The third kappa shape index (κ3) is 56.4. The zero-order valence-electron chi connectivity index (χ0n) is 30.3. The van der Waals surface area contributed by atoms with Gasteiger partial charge in [0.05, 0.1) is 13.2 Å². The van der Waals surface area contributed by atoms with E-state index in [1.54, 1.807) is 0 Å². The molecule has 0 aliphatic rings. The fourth-order valence-corrected chi connectivity index (χ4v) is 5.67. The molecule has 11 heteroatoms. The molecule has 0 saturated carbocycles. The molecular formula is C36H70BaO8S2. The first kappa shape index (κ1) is 52.2. The van der Waals surface area contributed by atoms with E-state index in [1.165, 1.54) is 116 Å². The SMILES string of the molecule is CCCCCCCC/C=C\CCCCCCCCOS(=O)(=O)[O-].CCCCCCCC/C=C\CCCCCCCCOS(=O)(=O)[O-].[Ba+2]. The van der Waals surface area contributed by atoms with Crippen LogP contribution in [0.15, 0.2) is 24.3 Å². The van der Waals surface area contributed by atoms with Crippen molar-refractivity contribution in [3.05, 3.63) is 24.3 Å². The monoisotopic (exact) mass is 832 g/mol. The van der Waals surface area contributed by atoms with Gasteiger partial charge >= 0.3 is 48.9 Å². The van der Waals surface area contributed by atoms with Crippen molar-refractivity contribution in [3.63, 3.8) is 0 Å². The predicted octanol–water partition coefficient (Wildman–Crippen LogP) is 10.6. The minimum Gasteiger partial charge on any atom is -0.726 e. The normalized spacial score (nSPS) is 12.0. The van der Waals surface area contributed by atoms with E-state index in [0.29, 0.717) is 12.8 Å². The molecule has 276 valence electrons. The smallest absolute Gasteiger partial charge is 0.726 e. The maximum atomic E-state index is 10.2. The van der Waals surface area contributed by atoms with Crippen LogP contribution in [0.1, 0.15) is 194 Å². The molecule has 0 aliphatic carbocycles. The van der Waals surface area contributed by atoms with Gasteiger partial charge in [-0.3, -0.25) is 8.37 Å². The Bertz CT molecular complexity index is 805. The zero-order chi connectivity index (χ0) is 34.5. The van der Waals surface area contributed by atoms with E-state index in [0.717, 1.165) is 51.4 Å². The molecule has 8 nitrogen and oxygen atoms in total. The van der Waals surface area contributed by atoms with Crippen molar-refractivity contribution in [1.82, 2.24) is 0 Å². The fraction of sp³-hybridized carbons (Fsp3) is 0.889.